The lowest BCUT2D eigenvalue weighted by Crippen LogP contribution is -2.34. The first-order valence-corrected chi connectivity index (χ1v) is 6.72. The largest absolute Gasteiger partial charge is 0.494 e. The van der Waals surface area contributed by atoms with Gasteiger partial charge < -0.3 is 4.74 Å². The average molecular weight is 234 g/mol. The van der Waals surface area contributed by atoms with Crippen LogP contribution in [0.4, 0.5) is 0 Å². The number of hydrogen-bond donors (Lipinski definition) is 0. The molecule has 2 nitrogen and oxygen atoms in total. The molecule has 0 spiro atoms. The predicted octanol–water partition coefficient (Wildman–Crippen LogP) is 3.63. The van der Waals surface area contributed by atoms with E-state index < -0.39 is 0 Å². The zero-order chi connectivity index (χ0) is 12.4. The standard InChI is InChI=1S/C15H22O2/c1-4-10(3)14-9-11(5-2)15-12(16)7-6-8-13(15)17-14/h4,10-11,14H,1,5-9H2,2-3H3. The molecule has 94 valence electrons. The van der Waals surface area contributed by atoms with Gasteiger partial charge in [-0.1, -0.05) is 19.9 Å². The van der Waals surface area contributed by atoms with Gasteiger partial charge in [0.15, 0.2) is 5.78 Å². The molecular weight excluding hydrogens is 212 g/mol. The Morgan fingerprint density at radius 1 is 1.53 bits per heavy atom. The quantitative estimate of drug-likeness (QED) is 0.697. The van der Waals surface area contributed by atoms with Crippen molar-refractivity contribution in [1.82, 2.24) is 0 Å². The van der Waals surface area contributed by atoms with Crippen LogP contribution < -0.4 is 0 Å². The van der Waals surface area contributed by atoms with Gasteiger partial charge in [-0.05, 0) is 25.2 Å². The third-order valence-corrected chi connectivity index (χ3v) is 4.08. The Kier molecular flexibility index (Phi) is 3.70. The van der Waals surface area contributed by atoms with E-state index in [9.17, 15) is 4.79 Å². The van der Waals surface area contributed by atoms with E-state index >= 15 is 0 Å². The first kappa shape index (κ1) is 12.4. The number of hydrogen-bond acceptors (Lipinski definition) is 2. The van der Waals surface area contributed by atoms with E-state index in [4.69, 9.17) is 4.74 Å². The van der Waals surface area contributed by atoms with Crippen molar-refractivity contribution >= 4 is 5.78 Å². The summed E-state index contributed by atoms with van der Waals surface area (Å²) in [5.74, 6) is 2.06. The molecule has 1 aliphatic heterocycles. The summed E-state index contributed by atoms with van der Waals surface area (Å²) in [5, 5.41) is 0. The molecule has 0 saturated carbocycles. The van der Waals surface area contributed by atoms with Crippen LogP contribution in [0.1, 0.15) is 46.0 Å². The van der Waals surface area contributed by atoms with Gasteiger partial charge in [0, 0.05) is 24.3 Å². The molecule has 1 heterocycles. The number of allylic oxidation sites excluding steroid dienone is 2. The summed E-state index contributed by atoms with van der Waals surface area (Å²) in [4.78, 5) is 12.0. The zero-order valence-electron chi connectivity index (χ0n) is 10.9. The number of carbonyl (C=O) groups is 1. The maximum Gasteiger partial charge on any atom is 0.162 e. The van der Waals surface area contributed by atoms with Crippen LogP contribution in [0.5, 0.6) is 0 Å². The lowest BCUT2D eigenvalue weighted by atomic mass is 9.78. The molecular formula is C15H22O2. The third kappa shape index (κ3) is 2.31. The van der Waals surface area contributed by atoms with Crippen LogP contribution in [0.2, 0.25) is 0 Å². The highest BCUT2D eigenvalue weighted by molar-refractivity contribution is 5.97. The average Bonchev–Trinajstić information content (AvgIpc) is 2.36. The lowest BCUT2D eigenvalue weighted by Gasteiger charge is -2.37. The Morgan fingerprint density at radius 3 is 2.94 bits per heavy atom. The van der Waals surface area contributed by atoms with Crippen molar-refractivity contribution in [3.63, 3.8) is 0 Å². The van der Waals surface area contributed by atoms with Crippen LogP contribution in [-0.2, 0) is 9.53 Å². The first-order chi connectivity index (χ1) is 8.17. The molecule has 0 aromatic rings. The van der Waals surface area contributed by atoms with Crippen LogP contribution in [0, 0.1) is 11.8 Å². The van der Waals surface area contributed by atoms with Crippen LogP contribution in [-0.4, -0.2) is 11.9 Å². The normalized spacial score (nSPS) is 30.6. The van der Waals surface area contributed by atoms with Crippen molar-refractivity contribution in [1.29, 1.82) is 0 Å². The minimum atomic E-state index is 0.210. The van der Waals surface area contributed by atoms with Gasteiger partial charge in [0.1, 0.15) is 11.9 Å². The number of rotatable bonds is 3. The van der Waals surface area contributed by atoms with E-state index in [2.05, 4.69) is 20.4 Å². The second kappa shape index (κ2) is 5.07. The van der Waals surface area contributed by atoms with E-state index in [0.29, 0.717) is 24.0 Å². The van der Waals surface area contributed by atoms with Crippen molar-refractivity contribution in [3.8, 4) is 0 Å². The van der Waals surface area contributed by atoms with Crippen molar-refractivity contribution < 1.29 is 9.53 Å². The summed E-state index contributed by atoms with van der Waals surface area (Å²) in [6, 6.07) is 0. The Hall–Kier alpha value is -1.05. The van der Waals surface area contributed by atoms with Gasteiger partial charge in [0.2, 0.25) is 0 Å². The van der Waals surface area contributed by atoms with Crippen molar-refractivity contribution in [2.75, 3.05) is 0 Å². The molecule has 2 aliphatic rings. The Morgan fingerprint density at radius 2 is 2.29 bits per heavy atom. The minimum Gasteiger partial charge on any atom is -0.494 e. The number of ether oxygens (including phenoxy) is 1. The zero-order valence-corrected chi connectivity index (χ0v) is 10.9. The predicted molar refractivity (Wildman–Crippen MR) is 68.5 cm³/mol. The Bertz CT molecular complexity index is 354. The van der Waals surface area contributed by atoms with Crippen LogP contribution in [0.25, 0.3) is 0 Å². The summed E-state index contributed by atoms with van der Waals surface area (Å²) < 4.78 is 6.03. The molecule has 3 unspecified atom stereocenters. The maximum atomic E-state index is 12.0. The second-order valence-corrected chi connectivity index (χ2v) is 5.21. The molecule has 0 amide bonds. The molecule has 1 aliphatic carbocycles. The second-order valence-electron chi connectivity index (χ2n) is 5.21. The molecule has 0 N–H and O–H groups in total. The SMILES string of the molecule is C=CC(C)C1CC(CC)C2=C(CCCC2=O)O1. The number of ketones is 1. The Balaban J connectivity index is 2.26. The van der Waals surface area contributed by atoms with Crippen LogP contribution in [0.3, 0.4) is 0 Å². The van der Waals surface area contributed by atoms with Crippen molar-refractivity contribution in [2.45, 2.75) is 52.1 Å². The van der Waals surface area contributed by atoms with Crippen LogP contribution >= 0.6 is 0 Å². The van der Waals surface area contributed by atoms with E-state index in [-0.39, 0.29) is 6.10 Å². The summed E-state index contributed by atoms with van der Waals surface area (Å²) >= 11 is 0. The molecule has 0 fully saturated rings. The maximum absolute atomic E-state index is 12.0. The highest BCUT2D eigenvalue weighted by Crippen LogP contribution is 2.39. The summed E-state index contributed by atoms with van der Waals surface area (Å²) in [6.07, 6.45) is 6.76. The molecule has 2 rings (SSSR count). The monoisotopic (exact) mass is 234 g/mol. The number of Topliss-reactive ketones (excluding diaryl/α,β-unsaturated/α-hetero) is 1. The van der Waals surface area contributed by atoms with Gasteiger partial charge in [0.05, 0.1) is 0 Å². The van der Waals surface area contributed by atoms with Gasteiger partial charge in [-0.3, -0.25) is 4.79 Å². The topological polar surface area (TPSA) is 26.3 Å². The third-order valence-electron chi connectivity index (χ3n) is 4.08. The fraction of sp³-hybridized carbons (Fsp3) is 0.667. The van der Waals surface area contributed by atoms with Gasteiger partial charge in [0.25, 0.3) is 0 Å². The minimum absolute atomic E-state index is 0.210. The molecule has 0 saturated heterocycles. The number of carbonyl (C=O) groups excluding carboxylic acids is 1. The summed E-state index contributed by atoms with van der Waals surface area (Å²) in [7, 11) is 0. The van der Waals surface area contributed by atoms with Crippen LogP contribution in [0.15, 0.2) is 24.0 Å². The van der Waals surface area contributed by atoms with Gasteiger partial charge in [-0.2, -0.15) is 0 Å². The van der Waals surface area contributed by atoms with Crippen molar-refractivity contribution in [3.05, 3.63) is 24.0 Å². The van der Waals surface area contributed by atoms with Gasteiger partial charge in [-0.15, -0.1) is 6.58 Å². The van der Waals surface area contributed by atoms with E-state index in [1.165, 1.54) is 0 Å². The first-order valence-electron chi connectivity index (χ1n) is 6.72. The molecule has 0 radical (unpaired) electrons. The molecule has 0 aromatic carbocycles. The summed E-state index contributed by atoms with van der Waals surface area (Å²) in [5.41, 5.74) is 1.01. The van der Waals surface area contributed by atoms with E-state index in [0.717, 1.165) is 37.0 Å². The highest BCUT2D eigenvalue weighted by Gasteiger charge is 2.36. The fourth-order valence-corrected chi connectivity index (χ4v) is 2.89. The molecule has 2 heteroatoms. The molecule has 3 atom stereocenters. The highest BCUT2D eigenvalue weighted by atomic mass is 16.5. The molecule has 0 aromatic heterocycles. The smallest absolute Gasteiger partial charge is 0.162 e. The van der Waals surface area contributed by atoms with E-state index in [1.807, 2.05) is 6.08 Å². The summed E-state index contributed by atoms with van der Waals surface area (Å²) in [6.45, 7) is 8.15. The fourth-order valence-electron chi connectivity index (χ4n) is 2.89. The van der Waals surface area contributed by atoms with E-state index in [1.54, 1.807) is 0 Å². The molecule has 0 bridgehead atoms. The Labute approximate surface area is 104 Å². The lowest BCUT2D eigenvalue weighted by molar-refractivity contribution is -0.118. The van der Waals surface area contributed by atoms with Gasteiger partial charge >= 0.3 is 0 Å². The molecule has 17 heavy (non-hydrogen) atoms. The van der Waals surface area contributed by atoms with Gasteiger partial charge in [-0.25, -0.2) is 0 Å². The van der Waals surface area contributed by atoms with Crippen molar-refractivity contribution in [2.24, 2.45) is 11.8 Å².